The van der Waals surface area contributed by atoms with Crippen LogP contribution >= 0.6 is 0 Å². The zero-order chi connectivity index (χ0) is 34.0. The van der Waals surface area contributed by atoms with Gasteiger partial charge in [-0.3, -0.25) is 0 Å². The van der Waals surface area contributed by atoms with Crippen LogP contribution in [0.3, 0.4) is 0 Å². The van der Waals surface area contributed by atoms with E-state index in [-0.39, 0.29) is 0 Å². The third-order valence-corrected chi connectivity index (χ3v) is 35.2. The lowest BCUT2D eigenvalue weighted by atomic mass is 10.8. The predicted octanol–water partition coefficient (Wildman–Crippen LogP) is -3.55. The molecule has 6 aliphatic heterocycles. The van der Waals surface area contributed by atoms with E-state index in [4.69, 9.17) is 49.4 Å². The maximum absolute atomic E-state index is 13.3. The fourth-order valence-corrected chi connectivity index (χ4v) is 41.6. The summed E-state index contributed by atoms with van der Waals surface area (Å²) in [4.78, 5) is 39.7. The summed E-state index contributed by atoms with van der Waals surface area (Å²) in [6.07, 6.45) is 0. The topological polar surface area (TPSA) is 180 Å². The van der Waals surface area contributed by atoms with E-state index in [1.54, 1.807) is 0 Å². The van der Waals surface area contributed by atoms with E-state index in [2.05, 4.69) is 84.6 Å². The van der Waals surface area contributed by atoms with Gasteiger partial charge in [0.1, 0.15) is 0 Å². The van der Waals surface area contributed by atoms with Gasteiger partial charge in [-0.05, 0) is 0 Å². The van der Waals surface area contributed by atoms with Crippen LogP contribution in [0.2, 0.25) is 32.7 Å². The molecule has 0 radical (unpaired) electrons. The zero-order valence-electron chi connectivity index (χ0n) is 28.5. The lowest BCUT2D eigenvalue weighted by Gasteiger charge is -2.65. The first-order chi connectivity index (χ1) is 18.5. The Morgan fingerprint density at radius 1 is 0.279 bits per heavy atom. The normalized spacial score (nSPS) is 47.2. The van der Waals surface area contributed by atoms with Crippen LogP contribution in [0.5, 0.6) is 0 Å². The van der Waals surface area contributed by atoms with E-state index < -0.39 is 71.2 Å². The van der Waals surface area contributed by atoms with Crippen LogP contribution in [0.4, 0.5) is 0 Å². The second-order valence-electron chi connectivity index (χ2n) is 15.1. The van der Waals surface area contributed by atoms with Crippen LogP contribution in [0, 0.1) is 0 Å². The molecule has 43 heavy (non-hydrogen) atoms. The van der Waals surface area contributed by atoms with Gasteiger partial charge in [0.05, 0.1) is 84.6 Å². The van der Waals surface area contributed by atoms with E-state index in [1.807, 2.05) is 0 Å². The molecule has 0 aromatic heterocycles. The van der Waals surface area contributed by atoms with Crippen molar-refractivity contribution in [2.75, 3.05) is 84.6 Å². The van der Waals surface area contributed by atoms with Gasteiger partial charge in [0.25, 0.3) is 0 Å². The average molecular weight is 762 g/mol. The molecule has 0 spiro atoms. The molecule has 8 bridgehead atoms. The van der Waals surface area contributed by atoms with Gasteiger partial charge < -0.3 is 77.2 Å². The molecule has 0 N–H and O–H groups in total. The van der Waals surface area contributed by atoms with E-state index in [0.717, 1.165) is 13.4 Å². The molecule has 0 aliphatic carbocycles. The van der Waals surface area contributed by atoms with Crippen molar-refractivity contribution in [3.63, 3.8) is 0 Å². The monoisotopic (exact) mass is 761 g/mol. The van der Waals surface area contributed by atoms with Crippen molar-refractivity contribution in [1.82, 2.24) is 0 Å². The first-order valence-corrected chi connectivity index (χ1v) is 29.4. The highest BCUT2D eigenvalue weighted by Crippen LogP contribution is 2.44. The SMILES string of the molecule is C[N+](C)(C)C.C[N+](C)(C)C.C[N+](C)(C)C.C[Si]12O[Si]3(C)O[Si]4(C)O[Si](C)(O1)O[Si]1([O-])O[Si](C)(O2)O[Si]([O-])(O3)O[Si]([O-])(O4)O1. The Bertz CT molecular complexity index is 719. The Labute approximate surface area is 265 Å². The smallest absolute Gasteiger partial charge is 0.475 e. The summed E-state index contributed by atoms with van der Waals surface area (Å²) in [5.41, 5.74) is 0. The molecule has 6 saturated heterocycles. The van der Waals surface area contributed by atoms with Gasteiger partial charge in [0.15, 0.2) is 0 Å². The largest absolute Gasteiger partial charge is 0.795 e. The van der Waals surface area contributed by atoms with Gasteiger partial charge >= 0.3 is 71.2 Å². The summed E-state index contributed by atoms with van der Waals surface area (Å²) < 4.78 is 70.2. The molecule has 6 heterocycles. The molecule has 0 amide bonds. The van der Waals surface area contributed by atoms with Crippen LogP contribution in [0.1, 0.15) is 0 Å². The van der Waals surface area contributed by atoms with Crippen molar-refractivity contribution in [3.8, 4) is 0 Å². The fourth-order valence-electron chi connectivity index (χ4n) is 3.63. The van der Waals surface area contributed by atoms with Crippen LogP contribution in [-0.2, 0) is 49.4 Å². The third kappa shape index (κ3) is 13.6. The van der Waals surface area contributed by atoms with Crippen molar-refractivity contribution in [2.45, 2.75) is 32.7 Å². The van der Waals surface area contributed by atoms with Gasteiger partial charge in [-0.1, -0.05) is 0 Å². The molecule has 6 fully saturated rings. The molecule has 0 saturated carbocycles. The molecule has 18 nitrogen and oxygen atoms in total. The van der Waals surface area contributed by atoms with E-state index >= 15 is 0 Å². The minimum Gasteiger partial charge on any atom is -0.795 e. The van der Waals surface area contributed by atoms with Crippen molar-refractivity contribution in [3.05, 3.63) is 0 Å². The van der Waals surface area contributed by atoms with E-state index in [0.29, 0.717) is 0 Å². The van der Waals surface area contributed by atoms with Crippen LogP contribution in [0.15, 0.2) is 0 Å². The Morgan fingerprint density at radius 3 is 0.581 bits per heavy atom. The first-order valence-electron chi connectivity index (χ1n) is 13.4. The molecule has 0 aromatic carbocycles. The second-order valence-corrected chi connectivity index (χ2v) is 36.5. The molecule has 26 heteroatoms. The maximum Gasteiger partial charge on any atom is 0.475 e. The van der Waals surface area contributed by atoms with Crippen LogP contribution < -0.4 is 14.4 Å². The summed E-state index contributed by atoms with van der Waals surface area (Å²) in [7, 11) is -9.71. The summed E-state index contributed by atoms with van der Waals surface area (Å²) in [6, 6.07) is 0. The summed E-state index contributed by atoms with van der Waals surface area (Å²) >= 11 is 0. The third-order valence-electron chi connectivity index (χ3n) is 3.91. The molecule has 256 valence electrons. The second kappa shape index (κ2) is 12.2. The van der Waals surface area contributed by atoms with Crippen molar-refractivity contribution in [2.24, 2.45) is 0 Å². The number of hydrogen-bond acceptors (Lipinski definition) is 15. The molecule has 6 rings (SSSR count). The van der Waals surface area contributed by atoms with Crippen LogP contribution in [0.25, 0.3) is 0 Å². The van der Waals surface area contributed by atoms with Gasteiger partial charge in [-0.2, -0.15) is 0 Å². The quantitative estimate of drug-likeness (QED) is 0.175. The summed E-state index contributed by atoms with van der Waals surface area (Å²) in [5, 5.41) is 0. The standard InChI is InChI=1S/C5H15O15Si8.3C4H12N/c1-21-9-22(2)12-24(4)13-23(3,10-21)15-27(7)18-25(5,11-21)17-26(6,14-22)19-28(8,16-24)20-27;3*1-5(2,3)4/h1-5H3;3*1-4H3/q-3;3*+1. The van der Waals surface area contributed by atoms with E-state index in [9.17, 15) is 14.4 Å². The lowest BCUT2D eigenvalue weighted by Crippen LogP contribution is -2.92. The van der Waals surface area contributed by atoms with E-state index in [1.165, 1.54) is 32.7 Å². The lowest BCUT2D eigenvalue weighted by molar-refractivity contribution is -0.849. The maximum atomic E-state index is 13.3. The minimum atomic E-state index is -5.27. The van der Waals surface area contributed by atoms with Crippen molar-refractivity contribution >= 4 is 71.2 Å². The zero-order valence-corrected chi connectivity index (χ0v) is 36.5. The highest BCUT2D eigenvalue weighted by molar-refractivity contribution is 6.99. The summed E-state index contributed by atoms with van der Waals surface area (Å²) in [5.74, 6) is 0. The Kier molecular flexibility index (Phi) is 11.4. The number of nitrogens with zero attached hydrogens (tertiary/aromatic N) is 3. The number of hydrogen-bond donors (Lipinski definition) is 0. The summed E-state index contributed by atoms with van der Waals surface area (Å²) in [6.45, 7) is 6.84. The predicted molar refractivity (Wildman–Crippen MR) is 160 cm³/mol. The van der Waals surface area contributed by atoms with Crippen molar-refractivity contribution < 1.29 is 77.2 Å². The first kappa shape index (κ1) is 40.2. The molecule has 6 aliphatic rings. The number of rotatable bonds is 0. The van der Waals surface area contributed by atoms with Gasteiger partial charge in [-0.25, -0.2) is 0 Å². The highest BCUT2D eigenvalue weighted by Gasteiger charge is 2.74. The Hall–Kier alpha value is 1.02. The molecular weight excluding hydrogens is 711 g/mol. The van der Waals surface area contributed by atoms with Gasteiger partial charge in [-0.15, -0.1) is 0 Å². The average Bonchev–Trinajstić information content (AvgIpc) is 2.45. The van der Waals surface area contributed by atoms with Gasteiger partial charge in [0.2, 0.25) is 0 Å². The van der Waals surface area contributed by atoms with Crippen molar-refractivity contribution in [1.29, 1.82) is 0 Å². The fraction of sp³-hybridized carbons (Fsp3) is 1.00. The Morgan fingerprint density at radius 2 is 0.395 bits per heavy atom. The van der Waals surface area contributed by atoms with Gasteiger partial charge in [0, 0.05) is 32.7 Å². The van der Waals surface area contributed by atoms with Crippen LogP contribution in [-0.4, -0.2) is 169 Å². The molecule has 4 unspecified atom stereocenters. The molecule has 4 atom stereocenters. The molecular formula is C17H51N3O15Si8. The highest BCUT2D eigenvalue weighted by atomic mass is 28.6. The molecule has 0 aromatic rings. The Balaban J connectivity index is 0.000000359. The minimum absolute atomic E-state index is 1.00. The number of quaternary nitrogens is 3.